The van der Waals surface area contributed by atoms with Gasteiger partial charge in [-0.3, -0.25) is 4.79 Å². The number of halogens is 2. The summed E-state index contributed by atoms with van der Waals surface area (Å²) in [4.78, 5) is 15.0. The van der Waals surface area contributed by atoms with Gasteiger partial charge in [0.1, 0.15) is 0 Å². The molecule has 1 atom stereocenters. The number of alkyl halides is 1. The topological polar surface area (TPSA) is 20.3 Å². The number of hydrogen-bond acceptors (Lipinski definition) is 2. The van der Waals surface area contributed by atoms with Crippen LogP contribution in [-0.2, 0) is 11.3 Å². The Balaban J connectivity index is 2.05. The second-order valence-electron chi connectivity index (χ2n) is 3.56. The highest BCUT2D eigenvalue weighted by Gasteiger charge is 2.26. The highest BCUT2D eigenvalue weighted by Crippen LogP contribution is 2.27. The van der Waals surface area contributed by atoms with Crippen LogP contribution < -0.4 is 0 Å². The first-order valence-corrected chi connectivity index (χ1v) is 7.42. The van der Waals surface area contributed by atoms with Crippen molar-refractivity contribution in [2.24, 2.45) is 0 Å². The minimum atomic E-state index is 0.0185. The van der Waals surface area contributed by atoms with Gasteiger partial charge in [0.2, 0.25) is 5.91 Å². The first-order valence-electron chi connectivity index (χ1n) is 4.83. The fraction of sp³-hybridized carbons (Fsp3) is 0.500. The largest absolute Gasteiger partial charge is 0.337 e. The van der Waals surface area contributed by atoms with Crippen molar-refractivity contribution in [1.29, 1.82) is 0 Å². The number of carbonyl (C=O) groups excluding carboxylic acids is 1. The van der Waals surface area contributed by atoms with Crippen LogP contribution >= 0.6 is 43.2 Å². The molecule has 0 bridgehead atoms. The molecule has 1 aliphatic rings. The number of rotatable bonds is 2. The highest BCUT2D eigenvalue weighted by atomic mass is 79.9. The van der Waals surface area contributed by atoms with Crippen LogP contribution in [0.2, 0.25) is 0 Å². The summed E-state index contributed by atoms with van der Waals surface area (Å²) in [6, 6.07) is 2.03. The molecule has 1 aliphatic heterocycles. The Hall–Kier alpha value is 0.130. The molecule has 15 heavy (non-hydrogen) atoms. The third-order valence-corrected chi connectivity index (χ3v) is 5.25. The Kier molecular flexibility index (Phi) is 3.85. The molecule has 0 spiro atoms. The summed E-state index contributed by atoms with van der Waals surface area (Å²) < 4.78 is 1.11. The summed E-state index contributed by atoms with van der Waals surface area (Å²) in [7, 11) is 0. The van der Waals surface area contributed by atoms with Crippen LogP contribution in [0, 0.1) is 0 Å². The zero-order chi connectivity index (χ0) is 10.8. The molecule has 0 saturated carbocycles. The first-order chi connectivity index (χ1) is 7.18. The standard InChI is InChI=1S/C10H11Br2NOS/c11-7-3-5-15-9(7)6-13-4-1-2-8(12)10(13)14/h3,5,8H,1-2,4,6H2. The van der Waals surface area contributed by atoms with Crippen molar-refractivity contribution in [3.63, 3.8) is 0 Å². The van der Waals surface area contributed by atoms with Gasteiger partial charge in [0.15, 0.2) is 0 Å². The molecule has 2 heterocycles. The average Bonchev–Trinajstić information content (AvgIpc) is 2.60. The smallest absolute Gasteiger partial charge is 0.236 e. The van der Waals surface area contributed by atoms with Gasteiger partial charge in [-0.05, 0) is 40.2 Å². The van der Waals surface area contributed by atoms with Gasteiger partial charge < -0.3 is 4.90 Å². The van der Waals surface area contributed by atoms with E-state index >= 15 is 0 Å². The molecule has 82 valence electrons. The summed E-state index contributed by atoms with van der Waals surface area (Å²) in [6.07, 6.45) is 2.05. The van der Waals surface area contributed by atoms with E-state index < -0.39 is 0 Å². The highest BCUT2D eigenvalue weighted by molar-refractivity contribution is 9.10. The SMILES string of the molecule is O=C1C(Br)CCCN1Cc1sccc1Br. The minimum Gasteiger partial charge on any atom is -0.337 e. The van der Waals surface area contributed by atoms with Gasteiger partial charge in [-0.25, -0.2) is 0 Å². The normalized spacial score (nSPS) is 22.1. The van der Waals surface area contributed by atoms with E-state index in [0.29, 0.717) is 0 Å². The van der Waals surface area contributed by atoms with Crippen LogP contribution in [-0.4, -0.2) is 22.2 Å². The summed E-state index contributed by atoms with van der Waals surface area (Å²) in [5.74, 6) is 0.224. The maximum atomic E-state index is 11.8. The summed E-state index contributed by atoms with van der Waals surface area (Å²) in [6.45, 7) is 1.62. The molecule has 0 radical (unpaired) electrons. The predicted molar refractivity (Wildman–Crippen MR) is 69.4 cm³/mol. The number of piperidine rings is 1. The van der Waals surface area contributed by atoms with Gasteiger partial charge in [-0.2, -0.15) is 0 Å². The summed E-state index contributed by atoms with van der Waals surface area (Å²) in [5.41, 5.74) is 0. The van der Waals surface area contributed by atoms with Gasteiger partial charge in [0.05, 0.1) is 11.4 Å². The molecule has 1 aromatic rings. The average molecular weight is 353 g/mol. The van der Waals surface area contributed by atoms with Crippen LogP contribution in [0.15, 0.2) is 15.9 Å². The van der Waals surface area contributed by atoms with Gasteiger partial charge >= 0.3 is 0 Å². The lowest BCUT2D eigenvalue weighted by molar-refractivity contribution is -0.133. The maximum absolute atomic E-state index is 11.8. The number of nitrogens with zero attached hydrogens (tertiary/aromatic N) is 1. The van der Waals surface area contributed by atoms with E-state index in [2.05, 4.69) is 31.9 Å². The van der Waals surface area contributed by atoms with E-state index in [4.69, 9.17) is 0 Å². The van der Waals surface area contributed by atoms with Gasteiger partial charge in [-0.15, -0.1) is 11.3 Å². The third kappa shape index (κ3) is 2.63. The Morgan fingerprint density at radius 1 is 1.60 bits per heavy atom. The molecule has 1 amide bonds. The summed E-state index contributed by atoms with van der Waals surface area (Å²) >= 11 is 8.60. The van der Waals surface area contributed by atoms with E-state index in [1.54, 1.807) is 11.3 Å². The molecule has 2 nitrogen and oxygen atoms in total. The zero-order valence-electron chi connectivity index (χ0n) is 8.08. The molecule has 2 rings (SSSR count). The molecule has 0 aromatic carbocycles. The van der Waals surface area contributed by atoms with Crippen LogP contribution in [0.3, 0.4) is 0 Å². The van der Waals surface area contributed by atoms with Crippen molar-refractivity contribution < 1.29 is 4.79 Å². The molecule has 1 aromatic heterocycles. The van der Waals surface area contributed by atoms with Crippen molar-refractivity contribution in [1.82, 2.24) is 4.90 Å². The molecule has 0 N–H and O–H groups in total. The monoisotopic (exact) mass is 351 g/mol. The van der Waals surface area contributed by atoms with Gasteiger partial charge in [0, 0.05) is 15.9 Å². The molecular formula is C10H11Br2NOS. The quantitative estimate of drug-likeness (QED) is 0.747. The second-order valence-corrected chi connectivity index (χ2v) is 6.52. The van der Waals surface area contributed by atoms with Crippen LogP contribution in [0.25, 0.3) is 0 Å². The fourth-order valence-electron chi connectivity index (χ4n) is 1.66. The van der Waals surface area contributed by atoms with Crippen molar-refractivity contribution in [2.45, 2.75) is 24.2 Å². The molecule has 5 heteroatoms. The van der Waals surface area contributed by atoms with Crippen molar-refractivity contribution in [2.75, 3.05) is 6.54 Å². The van der Waals surface area contributed by atoms with Gasteiger partial charge in [0.25, 0.3) is 0 Å². The minimum absolute atomic E-state index is 0.0185. The Bertz CT molecular complexity index is 366. The first kappa shape index (κ1) is 11.6. The summed E-state index contributed by atoms with van der Waals surface area (Å²) in [5, 5.41) is 2.04. The van der Waals surface area contributed by atoms with E-state index in [0.717, 1.165) is 30.4 Å². The van der Waals surface area contributed by atoms with Crippen LogP contribution in [0.1, 0.15) is 17.7 Å². The molecule has 1 unspecified atom stereocenters. The van der Waals surface area contributed by atoms with E-state index in [1.807, 2.05) is 16.3 Å². The maximum Gasteiger partial charge on any atom is 0.236 e. The third-order valence-electron chi connectivity index (χ3n) is 2.49. The Morgan fingerprint density at radius 2 is 2.40 bits per heavy atom. The fourth-order valence-corrected chi connectivity index (χ4v) is 3.77. The van der Waals surface area contributed by atoms with E-state index in [9.17, 15) is 4.79 Å². The Labute approximate surface area is 110 Å². The predicted octanol–water partition coefficient (Wildman–Crippen LogP) is 3.40. The lowest BCUT2D eigenvalue weighted by Crippen LogP contribution is -2.40. The molecule has 1 fully saturated rings. The van der Waals surface area contributed by atoms with Crippen LogP contribution in [0.4, 0.5) is 0 Å². The number of amides is 1. The van der Waals surface area contributed by atoms with Crippen LogP contribution in [0.5, 0.6) is 0 Å². The number of hydrogen-bond donors (Lipinski definition) is 0. The lowest BCUT2D eigenvalue weighted by Gasteiger charge is -2.29. The van der Waals surface area contributed by atoms with Crippen molar-refractivity contribution >= 4 is 49.1 Å². The van der Waals surface area contributed by atoms with E-state index in [-0.39, 0.29) is 10.7 Å². The number of thiophene rings is 1. The number of likely N-dealkylation sites (tertiary alicyclic amines) is 1. The van der Waals surface area contributed by atoms with Crippen molar-refractivity contribution in [3.05, 3.63) is 20.8 Å². The zero-order valence-corrected chi connectivity index (χ0v) is 12.1. The lowest BCUT2D eigenvalue weighted by atomic mass is 10.1. The number of carbonyl (C=O) groups is 1. The van der Waals surface area contributed by atoms with Gasteiger partial charge in [-0.1, -0.05) is 15.9 Å². The second kappa shape index (κ2) is 4.97. The van der Waals surface area contributed by atoms with Crippen molar-refractivity contribution in [3.8, 4) is 0 Å². The molecular weight excluding hydrogens is 342 g/mol. The van der Waals surface area contributed by atoms with E-state index in [1.165, 1.54) is 4.88 Å². The molecule has 1 saturated heterocycles. The molecule has 0 aliphatic carbocycles. The Morgan fingerprint density at radius 3 is 3.07 bits per heavy atom.